The van der Waals surface area contributed by atoms with Crippen LogP contribution in [0.15, 0.2) is 22.3 Å². The SMILES string of the molecule is C=C(CC(Cl)N=C(C)C(=O)NC)NC(C)=NC. The van der Waals surface area contributed by atoms with Gasteiger partial charge in [-0.25, -0.2) is 0 Å². The molecule has 0 spiro atoms. The highest BCUT2D eigenvalue weighted by atomic mass is 35.5. The average Bonchev–Trinajstić information content (AvgIpc) is 2.26. The lowest BCUT2D eigenvalue weighted by Crippen LogP contribution is -2.26. The molecule has 0 radical (unpaired) electrons. The minimum atomic E-state index is -0.517. The molecule has 0 saturated heterocycles. The molecular weight excluding hydrogens is 240 g/mol. The number of carbonyl (C=O) groups excluding carboxylic acids is 1. The Morgan fingerprint density at radius 1 is 1.47 bits per heavy atom. The number of amidine groups is 1. The number of hydrogen-bond acceptors (Lipinski definition) is 3. The minimum absolute atomic E-state index is 0.236. The van der Waals surface area contributed by atoms with Gasteiger partial charge in [0.25, 0.3) is 5.91 Å². The number of nitrogens with one attached hydrogen (secondary N) is 2. The Labute approximate surface area is 107 Å². The fourth-order valence-electron chi connectivity index (χ4n) is 1.06. The molecule has 0 aromatic rings. The van der Waals surface area contributed by atoms with Crippen molar-refractivity contribution in [3.05, 3.63) is 12.3 Å². The highest BCUT2D eigenvalue weighted by Gasteiger charge is 2.09. The van der Waals surface area contributed by atoms with Gasteiger partial charge in [-0.3, -0.25) is 14.8 Å². The Morgan fingerprint density at radius 2 is 2.06 bits per heavy atom. The maximum absolute atomic E-state index is 11.2. The van der Waals surface area contributed by atoms with E-state index < -0.39 is 5.50 Å². The number of aliphatic imine (C=N–C) groups is 2. The second-order valence-corrected chi connectivity index (χ2v) is 3.97. The van der Waals surface area contributed by atoms with Crippen LogP contribution in [-0.2, 0) is 4.79 Å². The van der Waals surface area contributed by atoms with Crippen LogP contribution in [0.5, 0.6) is 0 Å². The monoisotopic (exact) mass is 258 g/mol. The maximum atomic E-state index is 11.2. The Bertz CT molecular complexity index is 349. The molecule has 2 N–H and O–H groups in total. The second-order valence-electron chi connectivity index (χ2n) is 3.47. The van der Waals surface area contributed by atoms with Gasteiger partial charge in [-0.15, -0.1) is 0 Å². The maximum Gasteiger partial charge on any atom is 0.264 e. The Kier molecular flexibility index (Phi) is 7.21. The fraction of sp³-hybridized carbons (Fsp3) is 0.545. The smallest absolute Gasteiger partial charge is 0.264 e. The van der Waals surface area contributed by atoms with E-state index in [1.54, 1.807) is 21.0 Å². The number of amides is 1. The van der Waals surface area contributed by atoms with Crippen LogP contribution in [0.3, 0.4) is 0 Å². The number of alkyl halides is 1. The first-order chi connectivity index (χ1) is 7.90. The minimum Gasteiger partial charge on any atom is -0.354 e. The molecule has 0 aromatic carbocycles. The van der Waals surface area contributed by atoms with E-state index in [0.29, 0.717) is 17.8 Å². The first kappa shape index (κ1) is 15.6. The number of carbonyl (C=O) groups is 1. The van der Waals surface area contributed by atoms with Gasteiger partial charge in [-0.2, -0.15) is 0 Å². The van der Waals surface area contributed by atoms with Gasteiger partial charge >= 0.3 is 0 Å². The van der Waals surface area contributed by atoms with Crippen LogP contribution in [0.1, 0.15) is 20.3 Å². The van der Waals surface area contributed by atoms with Crippen molar-refractivity contribution in [3.8, 4) is 0 Å². The first-order valence-corrected chi connectivity index (χ1v) is 5.63. The van der Waals surface area contributed by atoms with Crippen molar-refractivity contribution in [2.24, 2.45) is 9.98 Å². The average molecular weight is 259 g/mol. The molecule has 17 heavy (non-hydrogen) atoms. The van der Waals surface area contributed by atoms with Crippen LogP contribution in [0.4, 0.5) is 0 Å². The lowest BCUT2D eigenvalue weighted by atomic mass is 10.3. The third kappa shape index (κ3) is 6.73. The summed E-state index contributed by atoms with van der Waals surface area (Å²) in [6.45, 7) is 7.25. The van der Waals surface area contributed by atoms with Gasteiger partial charge in [0.15, 0.2) is 0 Å². The van der Waals surface area contributed by atoms with Gasteiger partial charge in [-0.1, -0.05) is 18.2 Å². The Hall–Kier alpha value is -1.36. The molecule has 0 saturated carbocycles. The van der Waals surface area contributed by atoms with E-state index in [1.807, 2.05) is 6.92 Å². The number of rotatable bonds is 5. The summed E-state index contributed by atoms with van der Waals surface area (Å²) >= 11 is 5.99. The van der Waals surface area contributed by atoms with E-state index in [9.17, 15) is 4.79 Å². The predicted octanol–water partition coefficient (Wildman–Crippen LogP) is 1.30. The van der Waals surface area contributed by atoms with Gasteiger partial charge in [0.1, 0.15) is 5.50 Å². The van der Waals surface area contributed by atoms with Crippen molar-refractivity contribution in [3.63, 3.8) is 0 Å². The molecule has 5 nitrogen and oxygen atoms in total. The molecule has 0 fully saturated rings. The third-order valence-electron chi connectivity index (χ3n) is 2.00. The van der Waals surface area contributed by atoms with E-state index >= 15 is 0 Å². The molecule has 0 aliphatic rings. The quantitative estimate of drug-likeness (QED) is 0.338. The fourth-order valence-corrected chi connectivity index (χ4v) is 1.39. The molecule has 0 aromatic heterocycles. The van der Waals surface area contributed by atoms with E-state index in [4.69, 9.17) is 11.6 Å². The second kappa shape index (κ2) is 7.84. The molecular formula is C11H19ClN4O. The number of halogens is 1. The first-order valence-electron chi connectivity index (χ1n) is 5.19. The summed E-state index contributed by atoms with van der Waals surface area (Å²) in [5, 5.41) is 5.46. The number of nitrogens with zero attached hydrogens (tertiary/aromatic N) is 2. The van der Waals surface area contributed by atoms with Crippen molar-refractivity contribution in [1.82, 2.24) is 10.6 Å². The summed E-state index contributed by atoms with van der Waals surface area (Å²) in [5.41, 5.74) is 0.541. The highest BCUT2D eigenvalue weighted by molar-refractivity contribution is 6.38. The van der Waals surface area contributed by atoms with E-state index in [1.165, 1.54) is 0 Å². The van der Waals surface area contributed by atoms with Crippen molar-refractivity contribution in [2.45, 2.75) is 25.8 Å². The highest BCUT2D eigenvalue weighted by Crippen LogP contribution is 2.09. The molecule has 6 heteroatoms. The number of hydrogen-bond donors (Lipinski definition) is 2. The molecule has 0 aliphatic carbocycles. The van der Waals surface area contributed by atoms with Crippen LogP contribution in [-0.4, -0.2) is 37.1 Å². The molecule has 96 valence electrons. The lowest BCUT2D eigenvalue weighted by Gasteiger charge is -2.11. The van der Waals surface area contributed by atoms with Crippen LogP contribution in [0, 0.1) is 0 Å². The van der Waals surface area contributed by atoms with Crippen LogP contribution in [0.25, 0.3) is 0 Å². The zero-order chi connectivity index (χ0) is 13.4. The summed E-state index contributed by atoms with van der Waals surface area (Å²) in [7, 11) is 3.23. The third-order valence-corrected chi connectivity index (χ3v) is 2.25. The topological polar surface area (TPSA) is 65.8 Å². The van der Waals surface area contributed by atoms with Gasteiger partial charge in [0.05, 0.1) is 11.5 Å². The van der Waals surface area contributed by atoms with E-state index in [0.717, 1.165) is 5.84 Å². The van der Waals surface area contributed by atoms with E-state index in [2.05, 4.69) is 27.2 Å². The molecule has 0 heterocycles. The Morgan fingerprint density at radius 3 is 2.53 bits per heavy atom. The van der Waals surface area contributed by atoms with Crippen molar-refractivity contribution < 1.29 is 4.79 Å². The molecule has 1 unspecified atom stereocenters. The van der Waals surface area contributed by atoms with Gasteiger partial charge < -0.3 is 10.6 Å². The zero-order valence-electron chi connectivity index (χ0n) is 10.7. The van der Waals surface area contributed by atoms with Gasteiger partial charge in [0.2, 0.25) is 0 Å². The molecule has 1 amide bonds. The molecule has 0 bridgehead atoms. The molecule has 0 rings (SSSR count). The summed E-state index contributed by atoms with van der Waals surface area (Å²) in [6.07, 6.45) is 0.433. The zero-order valence-corrected chi connectivity index (χ0v) is 11.4. The van der Waals surface area contributed by atoms with Crippen LogP contribution in [0.2, 0.25) is 0 Å². The lowest BCUT2D eigenvalue weighted by molar-refractivity contribution is -0.114. The molecule has 0 aliphatic heterocycles. The van der Waals surface area contributed by atoms with Gasteiger partial charge in [-0.05, 0) is 13.8 Å². The summed E-state index contributed by atoms with van der Waals surface area (Å²) in [4.78, 5) is 19.2. The summed E-state index contributed by atoms with van der Waals surface area (Å²) in [5.74, 6) is 0.520. The normalized spacial score (nSPS) is 14.2. The largest absolute Gasteiger partial charge is 0.354 e. The van der Waals surface area contributed by atoms with Crippen molar-refractivity contribution in [2.75, 3.05) is 14.1 Å². The predicted molar refractivity (Wildman–Crippen MR) is 72.7 cm³/mol. The van der Waals surface area contributed by atoms with Gasteiger partial charge in [0, 0.05) is 26.2 Å². The standard InChI is InChI=1S/C11H19ClN4O/c1-7(15-9(3)13-4)6-10(12)16-8(2)11(17)14-5/h10H,1,6H2,2-5H3,(H,13,15)(H,14,17). The van der Waals surface area contributed by atoms with Crippen LogP contribution < -0.4 is 10.6 Å². The van der Waals surface area contributed by atoms with Crippen molar-refractivity contribution in [1.29, 1.82) is 0 Å². The summed E-state index contributed by atoms with van der Waals surface area (Å²) in [6, 6.07) is 0. The molecule has 1 atom stereocenters. The van der Waals surface area contributed by atoms with Crippen LogP contribution >= 0.6 is 11.6 Å². The Balaban J connectivity index is 4.31. The van der Waals surface area contributed by atoms with E-state index in [-0.39, 0.29) is 5.91 Å². The summed E-state index contributed by atoms with van der Waals surface area (Å²) < 4.78 is 0. The van der Waals surface area contributed by atoms with Crippen molar-refractivity contribution >= 4 is 29.1 Å².